The van der Waals surface area contributed by atoms with Gasteiger partial charge in [-0.25, -0.2) is 0 Å². The summed E-state index contributed by atoms with van der Waals surface area (Å²) in [6.45, 7) is -0.396. The predicted molar refractivity (Wildman–Crippen MR) is 52.7 cm³/mol. The highest BCUT2D eigenvalue weighted by Crippen LogP contribution is 2.16. The predicted octanol–water partition coefficient (Wildman–Crippen LogP) is 0.549. The molecule has 0 saturated carbocycles. The highest BCUT2D eigenvalue weighted by Gasteiger charge is 2.16. The second kappa shape index (κ2) is 4.45. The molecule has 0 bridgehead atoms. The van der Waals surface area contributed by atoms with Gasteiger partial charge in [0, 0.05) is 7.05 Å². The number of rotatable bonds is 3. The third-order valence-corrected chi connectivity index (χ3v) is 1.85. The van der Waals surface area contributed by atoms with Gasteiger partial charge in [0.25, 0.3) is 5.91 Å². The first-order valence-electron chi connectivity index (χ1n) is 4.27. The van der Waals surface area contributed by atoms with E-state index in [0.29, 0.717) is 0 Å². The van der Waals surface area contributed by atoms with Gasteiger partial charge in [0.15, 0.2) is 0 Å². The smallest absolute Gasteiger partial charge is 0.323 e. The Morgan fingerprint density at radius 3 is 2.47 bits per heavy atom. The Kier molecular flexibility index (Phi) is 3.28. The first-order chi connectivity index (χ1) is 7.02. The van der Waals surface area contributed by atoms with Crippen LogP contribution in [0, 0.1) is 0 Å². The van der Waals surface area contributed by atoms with E-state index in [1.165, 1.54) is 19.2 Å². The Morgan fingerprint density at radius 1 is 1.33 bits per heavy atom. The fraction of sp³-hybridized carbons (Fsp3) is 0.200. The monoisotopic (exact) mass is 209 g/mol. The number of aromatic hydroxyl groups is 1. The molecule has 0 atom stereocenters. The Bertz CT molecular complexity index is 389. The Balaban J connectivity index is 2.85. The van der Waals surface area contributed by atoms with Crippen LogP contribution in [0.5, 0.6) is 5.75 Å². The van der Waals surface area contributed by atoms with Gasteiger partial charge in [-0.1, -0.05) is 12.1 Å². The Hall–Kier alpha value is -2.04. The summed E-state index contributed by atoms with van der Waals surface area (Å²) >= 11 is 0. The molecule has 0 heterocycles. The number of phenols is 1. The number of hydrogen-bond acceptors (Lipinski definition) is 3. The van der Waals surface area contributed by atoms with Crippen LogP contribution >= 0.6 is 0 Å². The average molecular weight is 209 g/mol. The summed E-state index contributed by atoms with van der Waals surface area (Å²) in [4.78, 5) is 23.0. The minimum absolute atomic E-state index is 0.0984. The lowest BCUT2D eigenvalue weighted by molar-refractivity contribution is -0.137. The van der Waals surface area contributed by atoms with E-state index in [1.807, 2.05) is 0 Å². The summed E-state index contributed by atoms with van der Waals surface area (Å²) in [5.41, 5.74) is 0.0984. The molecule has 0 spiro atoms. The van der Waals surface area contributed by atoms with Gasteiger partial charge >= 0.3 is 5.97 Å². The number of likely N-dealkylation sites (N-methyl/N-ethyl adjacent to an activating group) is 1. The zero-order chi connectivity index (χ0) is 11.4. The second-order valence-corrected chi connectivity index (χ2v) is 3.07. The number of carboxylic acid groups (broad SMARTS) is 1. The third kappa shape index (κ3) is 2.70. The first-order valence-corrected chi connectivity index (χ1v) is 4.27. The van der Waals surface area contributed by atoms with Crippen molar-refractivity contribution in [2.75, 3.05) is 13.6 Å². The summed E-state index contributed by atoms with van der Waals surface area (Å²) in [6, 6.07) is 6.00. The average Bonchev–Trinajstić information content (AvgIpc) is 2.16. The maximum absolute atomic E-state index is 11.6. The minimum Gasteiger partial charge on any atom is -0.507 e. The van der Waals surface area contributed by atoms with Crippen LogP contribution in [0.15, 0.2) is 24.3 Å². The van der Waals surface area contributed by atoms with Crippen LogP contribution in [-0.4, -0.2) is 40.6 Å². The molecule has 1 aromatic carbocycles. The number of carboxylic acids is 1. The molecule has 1 amide bonds. The van der Waals surface area contributed by atoms with Crippen LogP contribution in [0.3, 0.4) is 0 Å². The van der Waals surface area contributed by atoms with Crippen molar-refractivity contribution < 1.29 is 19.8 Å². The highest BCUT2D eigenvalue weighted by molar-refractivity contribution is 5.97. The van der Waals surface area contributed by atoms with E-state index in [2.05, 4.69) is 0 Å². The molecule has 0 unspecified atom stereocenters. The number of carbonyl (C=O) groups excluding carboxylic acids is 1. The van der Waals surface area contributed by atoms with E-state index < -0.39 is 18.4 Å². The molecule has 0 aromatic heterocycles. The molecule has 0 saturated heterocycles. The molecule has 1 rings (SSSR count). The lowest BCUT2D eigenvalue weighted by Gasteiger charge is -2.14. The SMILES string of the molecule is CN(CC(=O)O)C(=O)c1ccccc1O. The fourth-order valence-corrected chi connectivity index (χ4v) is 1.13. The number of nitrogens with zero attached hydrogens (tertiary/aromatic N) is 1. The van der Waals surface area contributed by atoms with Crippen LogP contribution in [0.1, 0.15) is 10.4 Å². The maximum Gasteiger partial charge on any atom is 0.323 e. The van der Waals surface area contributed by atoms with E-state index in [-0.39, 0.29) is 11.3 Å². The Morgan fingerprint density at radius 2 is 1.93 bits per heavy atom. The number of aliphatic carboxylic acids is 1. The minimum atomic E-state index is -1.10. The van der Waals surface area contributed by atoms with E-state index in [0.717, 1.165) is 4.90 Å². The standard InChI is InChI=1S/C10H11NO4/c1-11(6-9(13)14)10(15)7-4-2-3-5-8(7)12/h2-5,12H,6H2,1H3,(H,13,14). The van der Waals surface area contributed by atoms with Gasteiger partial charge in [0.2, 0.25) is 0 Å². The summed E-state index contributed by atoms with van der Waals surface area (Å²) < 4.78 is 0. The van der Waals surface area contributed by atoms with Crippen LogP contribution in [0.2, 0.25) is 0 Å². The van der Waals surface area contributed by atoms with Gasteiger partial charge in [-0.05, 0) is 12.1 Å². The van der Waals surface area contributed by atoms with E-state index >= 15 is 0 Å². The zero-order valence-electron chi connectivity index (χ0n) is 8.17. The molecule has 0 aliphatic carbocycles. The molecule has 2 N–H and O–H groups in total. The normalized spacial score (nSPS) is 9.67. The van der Waals surface area contributed by atoms with Gasteiger partial charge in [-0.3, -0.25) is 9.59 Å². The van der Waals surface area contributed by atoms with Gasteiger partial charge in [0.1, 0.15) is 12.3 Å². The van der Waals surface area contributed by atoms with Crippen molar-refractivity contribution in [3.05, 3.63) is 29.8 Å². The fourth-order valence-electron chi connectivity index (χ4n) is 1.13. The maximum atomic E-state index is 11.6. The molecule has 5 heteroatoms. The van der Waals surface area contributed by atoms with Gasteiger partial charge in [-0.2, -0.15) is 0 Å². The molecule has 5 nitrogen and oxygen atoms in total. The van der Waals surface area contributed by atoms with E-state index in [4.69, 9.17) is 5.11 Å². The summed E-state index contributed by atoms with van der Waals surface area (Å²) in [7, 11) is 1.36. The van der Waals surface area contributed by atoms with Crippen LogP contribution in [0.4, 0.5) is 0 Å². The van der Waals surface area contributed by atoms with Crippen LogP contribution in [-0.2, 0) is 4.79 Å². The molecule has 0 aliphatic heterocycles. The molecular weight excluding hydrogens is 198 g/mol. The topological polar surface area (TPSA) is 77.8 Å². The van der Waals surface area contributed by atoms with Crippen molar-refractivity contribution in [3.63, 3.8) is 0 Å². The number of carbonyl (C=O) groups is 2. The number of hydrogen-bond donors (Lipinski definition) is 2. The van der Waals surface area contributed by atoms with Crippen molar-refractivity contribution in [2.45, 2.75) is 0 Å². The van der Waals surface area contributed by atoms with Crippen molar-refractivity contribution in [1.29, 1.82) is 0 Å². The summed E-state index contributed by atoms with van der Waals surface area (Å²) in [5, 5.41) is 17.9. The van der Waals surface area contributed by atoms with Crippen LogP contribution < -0.4 is 0 Å². The third-order valence-electron chi connectivity index (χ3n) is 1.85. The molecule has 0 fully saturated rings. The lowest BCUT2D eigenvalue weighted by Crippen LogP contribution is -2.31. The van der Waals surface area contributed by atoms with Gasteiger partial charge in [-0.15, -0.1) is 0 Å². The number of phenolic OH excluding ortho intramolecular Hbond substituents is 1. The molecule has 15 heavy (non-hydrogen) atoms. The Labute approximate surface area is 86.6 Å². The molecule has 0 aliphatic rings. The first kappa shape index (κ1) is 11.0. The van der Waals surface area contributed by atoms with Crippen LogP contribution in [0.25, 0.3) is 0 Å². The second-order valence-electron chi connectivity index (χ2n) is 3.07. The number of para-hydroxylation sites is 1. The number of benzene rings is 1. The van der Waals surface area contributed by atoms with E-state index in [9.17, 15) is 14.7 Å². The summed E-state index contributed by atoms with van der Waals surface area (Å²) in [6.07, 6.45) is 0. The van der Waals surface area contributed by atoms with Crippen molar-refractivity contribution in [1.82, 2.24) is 4.90 Å². The molecule has 0 radical (unpaired) electrons. The van der Waals surface area contributed by atoms with Crippen molar-refractivity contribution in [2.24, 2.45) is 0 Å². The molecule has 80 valence electrons. The summed E-state index contributed by atoms with van der Waals surface area (Å²) in [5.74, 6) is -1.77. The van der Waals surface area contributed by atoms with Crippen molar-refractivity contribution >= 4 is 11.9 Å². The quantitative estimate of drug-likeness (QED) is 0.762. The largest absolute Gasteiger partial charge is 0.507 e. The van der Waals surface area contributed by atoms with Gasteiger partial charge in [0.05, 0.1) is 5.56 Å². The highest BCUT2D eigenvalue weighted by atomic mass is 16.4. The van der Waals surface area contributed by atoms with Gasteiger partial charge < -0.3 is 15.1 Å². The molecular formula is C10H11NO4. The number of amides is 1. The zero-order valence-corrected chi connectivity index (χ0v) is 8.17. The lowest BCUT2D eigenvalue weighted by atomic mass is 10.2. The van der Waals surface area contributed by atoms with E-state index in [1.54, 1.807) is 12.1 Å². The van der Waals surface area contributed by atoms with Crippen molar-refractivity contribution in [3.8, 4) is 5.75 Å². The molecule has 1 aromatic rings.